The van der Waals surface area contributed by atoms with Gasteiger partial charge >= 0.3 is 0 Å². The van der Waals surface area contributed by atoms with Crippen LogP contribution in [0, 0.1) is 5.92 Å². The monoisotopic (exact) mass is 144 g/mol. The molecule has 0 aromatic carbocycles. The lowest BCUT2D eigenvalue weighted by molar-refractivity contribution is -0.0518. The van der Waals surface area contributed by atoms with Crippen molar-refractivity contribution in [2.75, 3.05) is 6.61 Å². The molecule has 0 radical (unpaired) electrons. The third kappa shape index (κ3) is 1.50. The summed E-state index contributed by atoms with van der Waals surface area (Å²) in [6, 6.07) is 0. The first-order valence-corrected chi connectivity index (χ1v) is 4.00. The van der Waals surface area contributed by atoms with Gasteiger partial charge in [0.05, 0.1) is 5.60 Å². The SMILES string of the molecule is C[C@]1(O)CCCC[C@@H]1CO. The van der Waals surface area contributed by atoms with Crippen molar-refractivity contribution in [1.82, 2.24) is 0 Å². The molecule has 60 valence electrons. The molecule has 0 heterocycles. The molecule has 0 bridgehead atoms. The van der Waals surface area contributed by atoms with E-state index in [2.05, 4.69) is 0 Å². The van der Waals surface area contributed by atoms with Crippen molar-refractivity contribution in [1.29, 1.82) is 0 Å². The summed E-state index contributed by atoms with van der Waals surface area (Å²) in [5.41, 5.74) is -0.604. The second-order valence-corrected chi connectivity index (χ2v) is 3.48. The van der Waals surface area contributed by atoms with Crippen molar-refractivity contribution < 1.29 is 10.2 Å². The molecule has 1 aliphatic carbocycles. The molecule has 0 aliphatic heterocycles. The van der Waals surface area contributed by atoms with Gasteiger partial charge in [-0.2, -0.15) is 0 Å². The highest BCUT2D eigenvalue weighted by Gasteiger charge is 2.33. The fourth-order valence-electron chi connectivity index (χ4n) is 1.68. The zero-order chi connectivity index (χ0) is 7.61. The Morgan fingerprint density at radius 3 is 2.60 bits per heavy atom. The first kappa shape index (κ1) is 8.02. The molecule has 2 N–H and O–H groups in total. The lowest BCUT2D eigenvalue weighted by Crippen LogP contribution is -2.39. The third-order valence-corrected chi connectivity index (χ3v) is 2.59. The van der Waals surface area contributed by atoms with Crippen LogP contribution < -0.4 is 0 Å². The summed E-state index contributed by atoms with van der Waals surface area (Å²) in [4.78, 5) is 0. The molecule has 2 heteroatoms. The molecule has 1 aliphatic rings. The minimum Gasteiger partial charge on any atom is -0.396 e. The quantitative estimate of drug-likeness (QED) is 0.574. The van der Waals surface area contributed by atoms with Crippen molar-refractivity contribution in [2.24, 2.45) is 5.92 Å². The van der Waals surface area contributed by atoms with E-state index in [0.29, 0.717) is 0 Å². The molecular weight excluding hydrogens is 128 g/mol. The Bertz CT molecular complexity index is 110. The van der Waals surface area contributed by atoms with Gasteiger partial charge in [0, 0.05) is 12.5 Å². The molecule has 10 heavy (non-hydrogen) atoms. The van der Waals surface area contributed by atoms with Gasteiger partial charge in [0.1, 0.15) is 0 Å². The van der Waals surface area contributed by atoms with Crippen molar-refractivity contribution in [2.45, 2.75) is 38.2 Å². The van der Waals surface area contributed by atoms with Crippen molar-refractivity contribution in [3.63, 3.8) is 0 Å². The Hall–Kier alpha value is -0.0800. The van der Waals surface area contributed by atoms with Crippen molar-refractivity contribution >= 4 is 0 Å². The van der Waals surface area contributed by atoms with E-state index in [1.54, 1.807) is 0 Å². The Morgan fingerprint density at radius 1 is 1.50 bits per heavy atom. The fraction of sp³-hybridized carbons (Fsp3) is 1.00. The van der Waals surface area contributed by atoms with E-state index in [1.807, 2.05) is 6.92 Å². The van der Waals surface area contributed by atoms with Crippen LogP contribution in [0.3, 0.4) is 0 Å². The minimum absolute atomic E-state index is 0.112. The van der Waals surface area contributed by atoms with Crippen LogP contribution in [0.2, 0.25) is 0 Å². The van der Waals surface area contributed by atoms with Gasteiger partial charge in [-0.1, -0.05) is 12.8 Å². The van der Waals surface area contributed by atoms with Gasteiger partial charge in [-0.25, -0.2) is 0 Å². The molecule has 2 atom stereocenters. The Labute approximate surface area is 61.9 Å². The fourth-order valence-corrected chi connectivity index (χ4v) is 1.68. The smallest absolute Gasteiger partial charge is 0.0669 e. The first-order chi connectivity index (χ1) is 4.67. The van der Waals surface area contributed by atoms with Gasteiger partial charge in [-0.15, -0.1) is 0 Å². The molecule has 1 rings (SSSR count). The molecule has 1 saturated carbocycles. The van der Waals surface area contributed by atoms with Crippen LogP contribution in [-0.4, -0.2) is 22.4 Å². The van der Waals surface area contributed by atoms with Crippen LogP contribution in [0.1, 0.15) is 32.6 Å². The molecule has 1 fully saturated rings. The Kier molecular flexibility index (Phi) is 2.32. The molecule has 0 aromatic rings. The summed E-state index contributed by atoms with van der Waals surface area (Å²) in [6.07, 6.45) is 4.08. The van der Waals surface area contributed by atoms with Gasteiger partial charge in [0.15, 0.2) is 0 Å². The van der Waals surface area contributed by atoms with E-state index >= 15 is 0 Å². The molecular formula is C8H16O2. The number of hydrogen-bond acceptors (Lipinski definition) is 2. The summed E-state index contributed by atoms with van der Waals surface area (Å²) in [5, 5.41) is 18.5. The van der Waals surface area contributed by atoms with Gasteiger partial charge in [-0.05, 0) is 19.8 Å². The number of aliphatic hydroxyl groups is 2. The number of aliphatic hydroxyl groups excluding tert-OH is 1. The zero-order valence-electron chi connectivity index (χ0n) is 6.51. The molecule has 0 unspecified atom stereocenters. The van der Waals surface area contributed by atoms with E-state index in [-0.39, 0.29) is 12.5 Å². The highest BCUT2D eigenvalue weighted by Crippen LogP contribution is 2.32. The van der Waals surface area contributed by atoms with E-state index in [0.717, 1.165) is 25.7 Å². The van der Waals surface area contributed by atoms with Gasteiger partial charge in [-0.3, -0.25) is 0 Å². The van der Waals surface area contributed by atoms with E-state index < -0.39 is 5.60 Å². The maximum Gasteiger partial charge on any atom is 0.0669 e. The summed E-state index contributed by atoms with van der Waals surface area (Å²) in [7, 11) is 0. The molecule has 0 amide bonds. The summed E-state index contributed by atoms with van der Waals surface area (Å²) >= 11 is 0. The van der Waals surface area contributed by atoms with Crippen LogP contribution in [0.15, 0.2) is 0 Å². The predicted molar refractivity (Wildman–Crippen MR) is 39.7 cm³/mol. The molecule has 0 saturated heterocycles. The van der Waals surface area contributed by atoms with Crippen LogP contribution in [0.25, 0.3) is 0 Å². The molecule has 0 aromatic heterocycles. The van der Waals surface area contributed by atoms with Crippen LogP contribution in [0.4, 0.5) is 0 Å². The van der Waals surface area contributed by atoms with Gasteiger partial charge in [0.25, 0.3) is 0 Å². The maximum atomic E-state index is 9.67. The Balaban J connectivity index is 2.51. The average molecular weight is 144 g/mol. The van der Waals surface area contributed by atoms with Crippen molar-refractivity contribution in [3.8, 4) is 0 Å². The van der Waals surface area contributed by atoms with Gasteiger partial charge in [0.2, 0.25) is 0 Å². The summed E-state index contributed by atoms with van der Waals surface area (Å²) in [6.45, 7) is 1.96. The predicted octanol–water partition coefficient (Wildman–Crippen LogP) is 0.920. The van der Waals surface area contributed by atoms with E-state index in [4.69, 9.17) is 5.11 Å². The average Bonchev–Trinajstić information content (AvgIpc) is 1.87. The number of hydrogen-bond donors (Lipinski definition) is 2. The van der Waals surface area contributed by atoms with Crippen LogP contribution >= 0.6 is 0 Å². The lowest BCUT2D eigenvalue weighted by atomic mass is 9.77. The van der Waals surface area contributed by atoms with Crippen molar-refractivity contribution in [3.05, 3.63) is 0 Å². The third-order valence-electron chi connectivity index (χ3n) is 2.59. The second-order valence-electron chi connectivity index (χ2n) is 3.48. The van der Waals surface area contributed by atoms with Gasteiger partial charge < -0.3 is 10.2 Å². The van der Waals surface area contributed by atoms with E-state index in [1.165, 1.54) is 0 Å². The number of rotatable bonds is 1. The van der Waals surface area contributed by atoms with E-state index in [9.17, 15) is 5.11 Å². The molecule has 0 spiro atoms. The highest BCUT2D eigenvalue weighted by molar-refractivity contribution is 4.85. The maximum absolute atomic E-state index is 9.67. The first-order valence-electron chi connectivity index (χ1n) is 4.00. The Morgan fingerprint density at radius 2 is 2.20 bits per heavy atom. The zero-order valence-corrected chi connectivity index (χ0v) is 6.51. The topological polar surface area (TPSA) is 40.5 Å². The molecule has 2 nitrogen and oxygen atoms in total. The largest absolute Gasteiger partial charge is 0.396 e. The minimum atomic E-state index is -0.604. The summed E-state index contributed by atoms with van der Waals surface area (Å²) in [5.74, 6) is 0.112. The second kappa shape index (κ2) is 2.89. The van der Waals surface area contributed by atoms with Crippen LogP contribution in [-0.2, 0) is 0 Å². The summed E-state index contributed by atoms with van der Waals surface area (Å²) < 4.78 is 0. The standard InChI is InChI=1S/C8H16O2/c1-8(10)5-3-2-4-7(8)6-9/h7,9-10H,2-6H2,1H3/t7-,8+/m1/s1. The highest BCUT2D eigenvalue weighted by atomic mass is 16.3. The van der Waals surface area contributed by atoms with Crippen LogP contribution in [0.5, 0.6) is 0 Å². The lowest BCUT2D eigenvalue weighted by Gasteiger charge is -2.35. The normalized spacial score (nSPS) is 41.7.